The van der Waals surface area contributed by atoms with Crippen molar-refractivity contribution in [1.82, 2.24) is 20.0 Å². The van der Waals surface area contributed by atoms with E-state index in [1.54, 1.807) is 6.20 Å². The highest BCUT2D eigenvalue weighted by atomic mass is 79.9. The van der Waals surface area contributed by atoms with Gasteiger partial charge in [-0.05, 0) is 40.4 Å². The first-order chi connectivity index (χ1) is 8.24. The highest BCUT2D eigenvalue weighted by Crippen LogP contribution is 2.42. The number of hydrogen-bond donors (Lipinski definition) is 1. The summed E-state index contributed by atoms with van der Waals surface area (Å²) in [6.07, 6.45) is 5.98. The van der Waals surface area contributed by atoms with Gasteiger partial charge in [0.05, 0.1) is 12.2 Å². The van der Waals surface area contributed by atoms with E-state index in [4.69, 9.17) is 5.73 Å². The van der Waals surface area contributed by atoms with Crippen molar-refractivity contribution in [2.75, 3.05) is 5.73 Å². The Hall–Kier alpha value is -1.43. The number of pyridine rings is 1. The van der Waals surface area contributed by atoms with Crippen molar-refractivity contribution < 1.29 is 0 Å². The number of anilines is 1. The van der Waals surface area contributed by atoms with Crippen molar-refractivity contribution in [3.63, 3.8) is 0 Å². The lowest BCUT2D eigenvalue weighted by atomic mass is 10.2. The summed E-state index contributed by atoms with van der Waals surface area (Å²) in [5, 5.41) is 8.06. The second-order valence-corrected chi connectivity index (χ2v) is 5.22. The van der Waals surface area contributed by atoms with E-state index in [9.17, 15) is 0 Å². The number of nitrogens with two attached hydrogens (primary N) is 1. The summed E-state index contributed by atoms with van der Waals surface area (Å²) in [6.45, 7) is 0.669. The van der Waals surface area contributed by atoms with Crippen LogP contribution in [0, 0.1) is 0 Å². The Kier molecular flexibility index (Phi) is 2.58. The quantitative estimate of drug-likeness (QED) is 0.939. The first-order valence-corrected chi connectivity index (χ1v) is 6.31. The monoisotopic (exact) mass is 293 g/mol. The molecule has 0 aromatic carbocycles. The fraction of sp³-hybridized carbons (Fsp3) is 0.364. The maximum atomic E-state index is 5.85. The maximum Gasteiger partial charge on any atom is 0.169 e. The molecule has 0 atom stereocenters. The van der Waals surface area contributed by atoms with Gasteiger partial charge in [-0.15, -0.1) is 5.10 Å². The molecule has 0 spiro atoms. The third-order valence-corrected chi connectivity index (χ3v) is 3.29. The van der Waals surface area contributed by atoms with Gasteiger partial charge in [0.1, 0.15) is 0 Å². The largest absolute Gasteiger partial charge is 0.381 e. The molecule has 1 aliphatic carbocycles. The standard InChI is InChI=1S/C11H12BrN5/c12-9-3-7(4-14-5-9)6-17-10(8-1-2-8)11(13)15-16-17/h3-5,8H,1-2,6,13H2. The van der Waals surface area contributed by atoms with Crippen LogP contribution in [-0.2, 0) is 6.54 Å². The van der Waals surface area contributed by atoms with Crippen LogP contribution in [-0.4, -0.2) is 20.0 Å². The second kappa shape index (κ2) is 4.10. The third kappa shape index (κ3) is 2.17. The van der Waals surface area contributed by atoms with Crippen LogP contribution in [0.15, 0.2) is 22.9 Å². The van der Waals surface area contributed by atoms with Crippen LogP contribution in [0.3, 0.4) is 0 Å². The first-order valence-electron chi connectivity index (χ1n) is 5.52. The van der Waals surface area contributed by atoms with E-state index in [0.717, 1.165) is 15.7 Å². The van der Waals surface area contributed by atoms with Gasteiger partial charge in [-0.3, -0.25) is 4.98 Å². The Morgan fingerprint density at radius 1 is 1.41 bits per heavy atom. The van der Waals surface area contributed by atoms with E-state index in [2.05, 4.69) is 31.2 Å². The topological polar surface area (TPSA) is 69.6 Å². The van der Waals surface area contributed by atoms with Crippen LogP contribution in [0.2, 0.25) is 0 Å². The minimum Gasteiger partial charge on any atom is -0.381 e. The predicted molar refractivity (Wildman–Crippen MR) is 67.4 cm³/mol. The van der Waals surface area contributed by atoms with E-state index < -0.39 is 0 Å². The zero-order valence-corrected chi connectivity index (χ0v) is 10.8. The molecule has 0 unspecified atom stereocenters. The predicted octanol–water partition coefficient (Wildman–Crippen LogP) is 1.94. The molecule has 1 aliphatic rings. The molecule has 5 nitrogen and oxygen atoms in total. The van der Waals surface area contributed by atoms with Crippen molar-refractivity contribution in [3.8, 4) is 0 Å². The molecule has 17 heavy (non-hydrogen) atoms. The lowest BCUT2D eigenvalue weighted by Crippen LogP contribution is -2.07. The molecule has 1 saturated carbocycles. The molecule has 0 aliphatic heterocycles. The normalized spacial score (nSPS) is 15.1. The minimum absolute atomic E-state index is 0.546. The molecule has 2 N–H and O–H groups in total. The highest BCUT2D eigenvalue weighted by Gasteiger charge is 2.30. The smallest absolute Gasteiger partial charge is 0.169 e. The SMILES string of the molecule is Nc1nnn(Cc2cncc(Br)c2)c1C1CC1. The van der Waals surface area contributed by atoms with E-state index in [-0.39, 0.29) is 0 Å². The summed E-state index contributed by atoms with van der Waals surface area (Å²) in [5.41, 5.74) is 8.01. The number of hydrogen-bond acceptors (Lipinski definition) is 4. The van der Waals surface area contributed by atoms with Crippen LogP contribution >= 0.6 is 15.9 Å². The Morgan fingerprint density at radius 3 is 2.94 bits per heavy atom. The number of aromatic nitrogens is 4. The Balaban J connectivity index is 1.90. The van der Waals surface area contributed by atoms with Crippen LogP contribution in [0.1, 0.15) is 30.0 Å². The molecule has 0 bridgehead atoms. The molecule has 0 radical (unpaired) electrons. The summed E-state index contributed by atoms with van der Waals surface area (Å²) >= 11 is 3.41. The maximum absolute atomic E-state index is 5.85. The van der Waals surface area contributed by atoms with E-state index >= 15 is 0 Å². The van der Waals surface area contributed by atoms with E-state index in [0.29, 0.717) is 18.3 Å². The van der Waals surface area contributed by atoms with Crippen LogP contribution < -0.4 is 5.73 Å². The fourth-order valence-electron chi connectivity index (χ4n) is 1.94. The Labute approximate surface area is 107 Å². The number of halogens is 1. The van der Waals surface area contributed by atoms with Gasteiger partial charge in [-0.25, -0.2) is 4.68 Å². The molecule has 2 aromatic rings. The summed E-state index contributed by atoms with van der Waals surface area (Å²) in [7, 11) is 0. The first kappa shape index (κ1) is 10.7. The van der Waals surface area contributed by atoms with Gasteiger partial charge in [-0.1, -0.05) is 5.21 Å². The highest BCUT2D eigenvalue weighted by molar-refractivity contribution is 9.10. The molecule has 1 fully saturated rings. The second-order valence-electron chi connectivity index (χ2n) is 4.30. The zero-order chi connectivity index (χ0) is 11.8. The van der Waals surface area contributed by atoms with Gasteiger partial charge in [-0.2, -0.15) is 0 Å². The van der Waals surface area contributed by atoms with Crippen LogP contribution in [0.5, 0.6) is 0 Å². The number of nitrogens with zero attached hydrogens (tertiary/aromatic N) is 4. The summed E-state index contributed by atoms with van der Waals surface area (Å²) < 4.78 is 2.85. The summed E-state index contributed by atoms with van der Waals surface area (Å²) in [6, 6.07) is 2.03. The zero-order valence-electron chi connectivity index (χ0n) is 9.17. The van der Waals surface area contributed by atoms with Crippen LogP contribution in [0.25, 0.3) is 0 Å². The van der Waals surface area contributed by atoms with Gasteiger partial charge < -0.3 is 5.73 Å². The van der Waals surface area contributed by atoms with Crippen molar-refractivity contribution in [2.24, 2.45) is 0 Å². The van der Waals surface area contributed by atoms with Gasteiger partial charge in [0, 0.05) is 22.8 Å². The van der Waals surface area contributed by atoms with Crippen molar-refractivity contribution >= 4 is 21.7 Å². The minimum atomic E-state index is 0.546. The van der Waals surface area contributed by atoms with Crippen molar-refractivity contribution in [2.45, 2.75) is 25.3 Å². The van der Waals surface area contributed by atoms with Crippen molar-refractivity contribution in [1.29, 1.82) is 0 Å². The van der Waals surface area contributed by atoms with Gasteiger partial charge in [0.25, 0.3) is 0 Å². The van der Waals surface area contributed by atoms with Gasteiger partial charge >= 0.3 is 0 Å². The molecule has 88 valence electrons. The molecular weight excluding hydrogens is 282 g/mol. The lowest BCUT2D eigenvalue weighted by Gasteiger charge is -2.05. The van der Waals surface area contributed by atoms with Crippen LogP contribution in [0.4, 0.5) is 5.82 Å². The lowest BCUT2D eigenvalue weighted by molar-refractivity contribution is 0.618. The number of nitrogen functional groups attached to an aromatic ring is 1. The van der Waals surface area contributed by atoms with Gasteiger partial charge in [0.15, 0.2) is 5.82 Å². The number of rotatable bonds is 3. The molecule has 3 rings (SSSR count). The Bertz CT molecular complexity index is 547. The van der Waals surface area contributed by atoms with Crippen molar-refractivity contribution in [3.05, 3.63) is 34.2 Å². The average molecular weight is 294 g/mol. The fourth-order valence-corrected chi connectivity index (χ4v) is 2.35. The molecule has 0 saturated heterocycles. The molecule has 0 amide bonds. The third-order valence-electron chi connectivity index (χ3n) is 2.86. The molecular formula is C11H12BrN5. The molecule has 6 heteroatoms. The van der Waals surface area contributed by atoms with Gasteiger partial charge in [0.2, 0.25) is 0 Å². The average Bonchev–Trinajstić information content (AvgIpc) is 3.05. The summed E-state index contributed by atoms with van der Waals surface area (Å²) in [4.78, 5) is 4.14. The van der Waals surface area contributed by atoms with E-state index in [1.165, 1.54) is 12.8 Å². The molecule has 2 aromatic heterocycles. The molecule has 2 heterocycles. The summed E-state index contributed by atoms with van der Waals surface area (Å²) in [5.74, 6) is 1.11. The Morgan fingerprint density at radius 2 is 2.24 bits per heavy atom. The van der Waals surface area contributed by atoms with E-state index in [1.807, 2.05) is 16.9 Å².